The third-order valence-corrected chi connectivity index (χ3v) is 2.34. The molecule has 2 heterocycles. The van der Waals surface area contributed by atoms with Gasteiger partial charge in [0.25, 0.3) is 11.8 Å². The lowest BCUT2D eigenvalue weighted by molar-refractivity contribution is -0.163. The van der Waals surface area contributed by atoms with Crippen LogP contribution in [0.4, 0.5) is 0 Å². The molecule has 2 fully saturated rings. The van der Waals surface area contributed by atoms with E-state index in [2.05, 4.69) is 0 Å². The smallest absolute Gasteiger partial charge is 0.255 e. The van der Waals surface area contributed by atoms with Gasteiger partial charge < -0.3 is 14.6 Å². The van der Waals surface area contributed by atoms with Crippen LogP contribution in [0.25, 0.3) is 0 Å². The van der Waals surface area contributed by atoms with Crippen molar-refractivity contribution in [2.24, 2.45) is 0 Å². The topological polar surface area (TPSA) is 76.1 Å². The van der Waals surface area contributed by atoms with E-state index in [1.54, 1.807) is 0 Å². The summed E-state index contributed by atoms with van der Waals surface area (Å²) < 4.78 is 9.74. The van der Waals surface area contributed by atoms with Crippen LogP contribution in [-0.2, 0) is 19.1 Å². The van der Waals surface area contributed by atoms with Crippen molar-refractivity contribution < 1.29 is 24.2 Å². The summed E-state index contributed by atoms with van der Waals surface area (Å²) in [6.07, 6.45) is -0.777. The third kappa shape index (κ3) is 1.52. The number of nitrogens with zero attached hydrogens (tertiary/aromatic N) is 1. The standard InChI is InChI=1S/C8H11NO5/c10-6-2-13-1-5(6)9-7(11)3-14-4-8(9)12/h5-6,10H,1-4H2/t5-,6-/m1/s1. The van der Waals surface area contributed by atoms with E-state index in [0.29, 0.717) is 0 Å². The zero-order valence-electron chi connectivity index (χ0n) is 7.51. The summed E-state index contributed by atoms with van der Waals surface area (Å²) in [5.74, 6) is -0.813. The van der Waals surface area contributed by atoms with E-state index in [1.165, 1.54) is 0 Å². The third-order valence-electron chi connectivity index (χ3n) is 2.34. The molecule has 2 saturated heterocycles. The van der Waals surface area contributed by atoms with Crippen molar-refractivity contribution >= 4 is 11.8 Å². The van der Waals surface area contributed by atoms with E-state index < -0.39 is 24.0 Å². The van der Waals surface area contributed by atoms with E-state index in [9.17, 15) is 14.7 Å². The summed E-state index contributed by atoms with van der Waals surface area (Å²) in [7, 11) is 0. The number of aliphatic hydroxyl groups is 1. The van der Waals surface area contributed by atoms with Gasteiger partial charge in [-0.05, 0) is 0 Å². The molecule has 0 bridgehead atoms. The second-order valence-corrected chi connectivity index (χ2v) is 3.32. The quantitative estimate of drug-likeness (QED) is 0.503. The fourth-order valence-electron chi connectivity index (χ4n) is 1.65. The molecule has 2 aliphatic heterocycles. The average molecular weight is 201 g/mol. The van der Waals surface area contributed by atoms with E-state index in [-0.39, 0.29) is 26.4 Å². The van der Waals surface area contributed by atoms with Crippen LogP contribution in [0.1, 0.15) is 0 Å². The summed E-state index contributed by atoms with van der Waals surface area (Å²) in [4.78, 5) is 23.8. The van der Waals surface area contributed by atoms with Crippen molar-refractivity contribution in [3.8, 4) is 0 Å². The fraction of sp³-hybridized carbons (Fsp3) is 0.750. The first kappa shape index (κ1) is 9.57. The molecule has 0 aromatic heterocycles. The molecule has 0 aliphatic carbocycles. The lowest BCUT2D eigenvalue weighted by Gasteiger charge is -2.30. The molecular formula is C8H11NO5. The number of amides is 2. The monoisotopic (exact) mass is 201 g/mol. The maximum atomic E-state index is 11.4. The van der Waals surface area contributed by atoms with E-state index in [1.807, 2.05) is 0 Å². The number of rotatable bonds is 1. The molecule has 0 aromatic rings. The Labute approximate surface area is 80.4 Å². The highest BCUT2D eigenvalue weighted by Gasteiger charge is 2.40. The van der Waals surface area contributed by atoms with Crippen molar-refractivity contribution in [1.29, 1.82) is 0 Å². The van der Waals surface area contributed by atoms with Crippen molar-refractivity contribution in [2.75, 3.05) is 26.4 Å². The van der Waals surface area contributed by atoms with E-state index in [4.69, 9.17) is 9.47 Å². The Hall–Kier alpha value is -0.980. The molecular weight excluding hydrogens is 190 g/mol. The van der Waals surface area contributed by atoms with Crippen LogP contribution in [0.3, 0.4) is 0 Å². The van der Waals surface area contributed by atoms with Crippen molar-refractivity contribution in [2.45, 2.75) is 12.1 Å². The van der Waals surface area contributed by atoms with Crippen LogP contribution in [0.2, 0.25) is 0 Å². The van der Waals surface area contributed by atoms with Gasteiger partial charge >= 0.3 is 0 Å². The molecule has 14 heavy (non-hydrogen) atoms. The highest BCUT2D eigenvalue weighted by molar-refractivity contribution is 5.98. The summed E-state index contributed by atoms with van der Waals surface area (Å²) in [5.41, 5.74) is 0. The number of ether oxygens (including phenoxy) is 2. The van der Waals surface area contributed by atoms with Crippen LogP contribution in [-0.4, -0.2) is 60.4 Å². The van der Waals surface area contributed by atoms with Crippen LogP contribution < -0.4 is 0 Å². The molecule has 0 spiro atoms. The summed E-state index contributed by atoms with van der Waals surface area (Å²) in [5, 5.41) is 9.46. The Morgan fingerprint density at radius 3 is 2.29 bits per heavy atom. The van der Waals surface area contributed by atoms with E-state index >= 15 is 0 Å². The van der Waals surface area contributed by atoms with Gasteiger partial charge in [-0.3, -0.25) is 14.5 Å². The molecule has 0 unspecified atom stereocenters. The summed E-state index contributed by atoms with van der Waals surface area (Å²) in [6.45, 7) is 0.172. The Balaban J connectivity index is 2.13. The minimum atomic E-state index is -0.777. The van der Waals surface area contributed by atoms with Gasteiger partial charge in [0, 0.05) is 0 Å². The molecule has 2 amide bonds. The second kappa shape index (κ2) is 3.64. The highest BCUT2D eigenvalue weighted by Crippen LogP contribution is 2.16. The van der Waals surface area contributed by atoms with Gasteiger partial charge in [-0.2, -0.15) is 0 Å². The molecule has 1 N–H and O–H groups in total. The number of hydrogen-bond donors (Lipinski definition) is 1. The van der Waals surface area contributed by atoms with Gasteiger partial charge in [0.1, 0.15) is 19.3 Å². The first-order chi connectivity index (χ1) is 6.70. The molecule has 78 valence electrons. The maximum Gasteiger partial charge on any atom is 0.255 e. The van der Waals surface area contributed by atoms with E-state index in [0.717, 1.165) is 4.90 Å². The number of carbonyl (C=O) groups excluding carboxylic acids is 2. The molecule has 0 saturated carbocycles. The van der Waals surface area contributed by atoms with Crippen LogP contribution in [0.5, 0.6) is 0 Å². The number of aliphatic hydroxyl groups excluding tert-OH is 1. The number of imide groups is 1. The number of hydrogen-bond acceptors (Lipinski definition) is 5. The Bertz CT molecular complexity index is 250. The first-order valence-corrected chi connectivity index (χ1v) is 4.38. The molecule has 6 nitrogen and oxygen atoms in total. The van der Waals surface area contributed by atoms with Gasteiger partial charge in [-0.1, -0.05) is 0 Å². The Morgan fingerprint density at radius 1 is 1.14 bits per heavy atom. The van der Waals surface area contributed by atoms with Crippen LogP contribution in [0, 0.1) is 0 Å². The normalized spacial score (nSPS) is 33.9. The Kier molecular flexibility index (Phi) is 2.49. The van der Waals surface area contributed by atoms with Crippen LogP contribution in [0.15, 0.2) is 0 Å². The lowest BCUT2D eigenvalue weighted by atomic mass is 10.1. The van der Waals surface area contributed by atoms with Crippen molar-refractivity contribution in [1.82, 2.24) is 4.90 Å². The Morgan fingerprint density at radius 2 is 1.79 bits per heavy atom. The lowest BCUT2D eigenvalue weighted by Crippen LogP contribution is -2.55. The number of morpholine rings is 1. The van der Waals surface area contributed by atoms with Gasteiger partial charge in [-0.15, -0.1) is 0 Å². The second-order valence-electron chi connectivity index (χ2n) is 3.32. The molecule has 2 aliphatic rings. The predicted molar refractivity (Wildman–Crippen MR) is 43.3 cm³/mol. The van der Waals surface area contributed by atoms with Crippen molar-refractivity contribution in [3.63, 3.8) is 0 Å². The van der Waals surface area contributed by atoms with Gasteiger partial charge in [0.05, 0.1) is 19.3 Å². The summed E-state index contributed by atoms with van der Waals surface area (Å²) in [6, 6.07) is -0.543. The molecule has 2 atom stereocenters. The minimum Gasteiger partial charge on any atom is -0.388 e. The molecule has 6 heteroatoms. The summed E-state index contributed by atoms with van der Waals surface area (Å²) >= 11 is 0. The van der Waals surface area contributed by atoms with Crippen LogP contribution >= 0.6 is 0 Å². The average Bonchev–Trinajstić information content (AvgIpc) is 2.52. The molecule has 0 aromatic carbocycles. The highest BCUT2D eigenvalue weighted by atomic mass is 16.5. The minimum absolute atomic E-state index is 0.102. The molecule has 0 radical (unpaired) electrons. The maximum absolute atomic E-state index is 11.4. The predicted octanol–water partition coefficient (Wildman–Crippen LogP) is -1.87. The molecule has 2 rings (SSSR count). The zero-order valence-corrected chi connectivity index (χ0v) is 7.51. The SMILES string of the molecule is O=C1COCC(=O)N1[C@@H]1COC[C@H]1O. The van der Waals surface area contributed by atoms with Crippen molar-refractivity contribution in [3.05, 3.63) is 0 Å². The van der Waals surface area contributed by atoms with Gasteiger partial charge in [0.2, 0.25) is 0 Å². The zero-order chi connectivity index (χ0) is 10.1. The van der Waals surface area contributed by atoms with Gasteiger partial charge in [0.15, 0.2) is 0 Å². The first-order valence-electron chi connectivity index (χ1n) is 4.38. The largest absolute Gasteiger partial charge is 0.388 e. The number of carbonyl (C=O) groups is 2. The van der Waals surface area contributed by atoms with Gasteiger partial charge in [-0.25, -0.2) is 0 Å². The fourth-order valence-corrected chi connectivity index (χ4v) is 1.65.